The number of carbonyl (C=O) groups excluding carboxylic acids is 2. The maximum atomic E-state index is 11.1. The summed E-state index contributed by atoms with van der Waals surface area (Å²) in [6, 6.07) is 0. The number of carbonyl (C=O) groups is 2. The van der Waals surface area contributed by atoms with E-state index in [1.54, 1.807) is 13.8 Å². The number of terminal acetylenes is 1. The molecule has 4 heteroatoms. The Balaban J connectivity index is 3.56. The van der Waals surface area contributed by atoms with E-state index < -0.39 is 6.10 Å². The van der Waals surface area contributed by atoms with E-state index in [0.717, 1.165) is 0 Å². The van der Waals surface area contributed by atoms with Gasteiger partial charge in [0.25, 0.3) is 0 Å². The molecule has 0 rings (SSSR count). The second-order valence-corrected chi connectivity index (χ2v) is 2.96. The fraction of sp³-hybridized carbons (Fsp3) is 0.636. The van der Waals surface area contributed by atoms with Crippen molar-refractivity contribution in [3.8, 4) is 12.3 Å². The van der Waals surface area contributed by atoms with Gasteiger partial charge in [-0.1, -0.05) is 5.92 Å². The van der Waals surface area contributed by atoms with E-state index in [4.69, 9.17) is 15.9 Å². The minimum Gasteiger partial charge on any atom is -0.466 e. The van der Waals surface area contributed by atoms with Gasteiger partial charge in [0.05, 0.1) is 6.61 Å². The predicted octanol–water partition coefficient (Wildman–Crippen LogP) is 1.28. The molecule has 0 aromatic heterocycles. The highest BCUT2D eigenvalue weighted by Gasteiger charge is 2.08. The Morgan fingerprint density at radius 3 is 2.47 bits per heavy atom. The van der Waals surface area contributed by atoms with Crippen LogP contribution in [0.5, 0.6) is 0 Å². The van der Waals surface area contributed by atoms with Crippen LogP contribution >= 0.6 is 0 Å². The van der Waals surface area contributed by atoms with Gasteiger partial charge < -0.3 is 9.47 Å². The van der Waals surface area contributed by atoms with Crippen molar-refractivity contribution in [1.82, 2.24) is 0 Å². The molecule has 15 heavy (non-hydrogen) atoms. The molecular formula is C11H16O4. The van der Waals surface area contributed by atoms with E-state index in [1.165, 1.54) is 0 Å². The average Bonchev–Trinajstić information content (AvgIpc) is 2.18. The summed E-state index contributed by atoms with van der Waals surface area (Å²) in [6.07, 6.45) is 5.36. The molecule has 0 fully saturated rings. The molecule has 0 bridgehead atoms. The Labute approximate surface area is 89.9 Å². The van der Waals surface area contributed by atoms with Crippen LogP contribution in [0, 0.1) is 12.3 Å². The van der Waals surface area contributed by atoms with Gasteiger partial charge in [0.2, 0.25) is 0 Å². The Hall–Kier alpha value is -1.50. The lowest BCUT2D eigenvalue weighted by atomic mass is 10.2. The van der Waals surface area contributed by atoms with Crippen LogP contribution in [0.4, 0.5) is 0 Å². The predicted molar refractivity (Wildman–Crippen MR) is 54.9 cm³/mol. The van der Waals surface area contributed by atoms with E-state index in [9.17, 15) is 9.59 Å². The monoisotopic (exact) mass is 212 g/mol. The average molecular weight is 212 g/mol. The van der Waals surface area contributed by atoms with Crippen molar-refractivity contribution in [3.63, 3.8) is 0 Å². The zero-order valence-corrected chi connectivity index (χ0v) is 9.12. The first-order chi connectivity index (χ1) is 7.10. The first kappa shape index (κ1) is 13.5. The van der Waals surface area contributed by atoms with E-state index in [2.05, 4.69) is 5.92 Å². The van der Waals surface area contributed by atoms with Crippen LogP contribution in [0.25, 0.3) is 0 Å². The fourth-order valence-corrected chi connectivity index (χ4v) is 0.900. The van der Waals surface area contributed by atoms with E-state index in [-0.39, 0.29) is 24.8 Å². The van der Waals surface area contributed by atoms with E-state index in [0.29, 0.717) is 13.0 Å². The summed E-state index contributed by atoms with van der Waals surface area (Å²) in [4.78, 5) is 22.0. The van der Waals surface area contributed by atoms with Crippen molar-refractivity contribution in [2.75, 3.05) is 6.61 Å². The largest absolute Gasteiger partial charge is 0.466 e. The summed E-state index contributed by atoms with van der Waals surface area (Å²) < 4.78 is 9.52. The van der Waals surface area contributed by atoms with E-state index in [1.807, 2.05) is 0 Å². The molecule has 0 aliphatic carbocycles. The zero-order chi connectivity index (χ0) is 11.7. The van der Waals surface area contributed by atoms with E-state index >= 15 is 0 Å². The maximum absolute atomic E-state index is 11.1. The van der Waals surface area contributed by atoms with Crippen LogP contribution in [0.1, 0.15) is 33.1 Å². The van der Waals surface area contributed by atoms with Crippen molar-refractivity contribution in [2.24, 2.45) is 0 Å². The topological polar surface area (TPSA) is 52.6 Å². The SMILES string of the molecule is C#CC(C)OC(=O)CCCC(=O)OCC. The van der Waals surface area contributed by atoms with Crippen molar-refractivity contribution < 1.29 is 19.1 Å². The van der Waals surface area contributed by atoms with Crippen molar-refractivity contribution in [1.29, 1.82) is 0 Å². The number of rotatable bonds is 6. The van der Waals surface area contributed by atoms with Gasteiger partial charge >= 0.3 is 11.9 Å². The summed E-state index contributed by atoms with van der Waals surface area (Å²) >= 11 is 0. The maximum Gasteiger partial charge on any atom is 0.307 e. The molecular weight excluding hydrogens is 196 g/mol. The number of esters is 2. The molecule has 0 aliphatic rings. The molecule has 0 aromatic carbocycles. The molecule has 0 spiro atoms. The lowest BCUT2D eigenvalue weighted by Crippen LogP contribution is -2.13. The fourth-order valence-electron chi connectivity index (χ4n) is 0.900. The van der Waals surface area contributed by atoms with Gasteiger partial charge in [-0.2, -0.15) is 0 Å². The van der Waals surface area contributed by atoms with Gasteiger partial charge in [-0.3, -0.25) is 9.59 Å². The molecule has 0 aliphatic heterocycles. The standard InChI is InChI=1S/C11H16O4/c1-4-9(3)15-11(13)8-6-7-10(12)14-5-2/h1,9H,5-8H2,2-3H3. The van der Waals surface area contributed by atoms with Crippen LogP contribution in [0.15, 0.2) is 0 Å². The minimum absolute atomic E-state index is 0.185. The normalized spacial score (nSPS) is 11.3. The van der Waals surface area contributed by atoms with Gasteiger partial charge in [0.15, 0.2) is 6.10 Å². The molecule has 1 atom stereocenters. The zero-order valence-electron chi connectivity index (χ0n) is 9.12. The Kier molecular flexibility index (Phi) is 7.08. The van der Waals surface area contributed by atoms with Crippen molar-refractivity contribution in [3.05, 3.63) is 0 Å². The second-order valence-electron chi connectivity index (χ2n) is 2.96. The van der Waals surface area contributed by atoms with Gasteiger partial charge in [-0.05, 0) is 20.3 Å². The first-order valence-corrected chi connectivity index (χ1v) is 4.91. The lowest BCUT2D eigenvalue weighted by molar-refractivity contribution is -0.146. The first-order valence-electron chi connectivity index (χ1n) is 4.91. The van der Waals surface area contributed by atoms with Crippen LogP contribution in [-0.4, -0.2) is 24.6 Å². The summed E-state index contributed by atoms with van der Waals surface area (Å²) in [6.45, 7) is 3.71. The molecule has 0 saturated heterocycles. The third-order valence-electron chi connectivity index (χ3n) is 1.61. The van der Waals surface area contributed by atoms with Gasteiger partial charge in [-0.15, -0.1) is 6.42 Å². The molecule has 0 amide bonds. The molecule has 1 unspecified atom stereocenters. The second kappa shape index (κ2) is 7.86. The van der Waals surface area contributed by atoms with Gasteiger partial charge in [-0.25, -0.2) is 0 Å². The molecule has 0 aromatic rings. The quantitative estimate of drug-likeness (QED) is 0.491. The smallest absolute Gasteiger partial charge is 0.307 e. The summed E-state index contributed by atoms with van der Waals surface area (Å²) in [5.74, 6) is 1.60. The van der Waals surface area contributed by atoms with Gasteiger partial charge in [0, 0.05) is 12.8 Å². The number of ether oxygens (including phenoxy) is 2. The minimum atomic E-state index is -0.514. The molecule has 0 N–H and O–H groups in total. The Bertz CT molecular complexity index is 252. The number of hydrogen-bond donors (Lipinski definition) is 0. The highest BCUT2D eigenvalue weighted by atomic mass is 16.5. The van der Waals surface area contributed by atoms with Crippen molar-refractivity contribution in [2.45, 2.75) is 39.2 Å². The summed E-state index contributed by atoms with van der Waals surface area (Å²) in [5.41, 5.74) is 0. The summed E-state index contributed by atoms with van der Waals surface area (Å²) in [5, 5.41) is 0. The van der Waals surface area contributed by atoms with Crippen LogP contribution in [-0.2, 0) is 19.1 Å². The summed E-state index contributed by atoms with van der Waals surface area (Å²) in [7, 11) is 0. The molecule has 0 radical (unpaired) electrons. The number of hydrogen-bond acceptors (Lipinski definition) is 4. The van der Waals surface area contributed by atoms with Crippen LogP contribution in [0.2, 0.25) is 0 Å². The molecule has 4 nitrogen and oxygen atoms in total. The molecule has 0 saturated carbocycles. The molecule has 0 heterocycles. The van der Waals surface area contributed by atoms with Crippen LogP contribution in [0.3, 0.4) is 0 Å². The van der Waals surface area contributed by atoms with Gasteiger partial charge in [0.1, 0.15) is 0 Å². The third kappa shape index (κ3) is 7.56. The highest BCUT2D eigenvalue weighted by molar-refractivity contribution is 5.72. The third-order valence-corrected chi connectivity index (χ3v) is 1.61. The van der Waals surface area contributed by atoms with Crippen LogP contribution < -0.4 is 0 Å². The Morgan fingerprint density at radius 2 is 1.93 bits per heavy atom. The molecule has 84 valence electrons. The highest BCUT2D eigenvalue weighted by Crippen LogP contribution is 2.01. The lowest BCUT2D eigenvalue weighted by Gasteiger charge is -2.06. The Morgan fingerprint density at radius 1 is 1.33 bits per heavy atom. The van der Waals surface area contributed by atoms with Crippen molar-refractivity contribution >= 4 is 11.9 Å².